The Morgan fingerprint density at radius 1 is 1.47 bits per heavy atom. The van der Waals surface area contributed by atoms with Gasteiger partial charge < -0.3 is 5.73 Å². The number of hydrogen-bond acceptors (Lipinski definition) is 3. The highest BCUT2D eigenvalue weighted by Crippen LogP contribution is 2.20. The highest BCUT2D eigenvalue weighted by molar-refractivity contribution is 14.1. The molecular weight excluding hydrogens is 303 g/mol. The molecule has 0 saturated carbocycles. The molecule has 2 rings (SSSR count). The summed E-state index contributed by atoms with van der Waals surface area (Å²) >= 11 is 2.19. The van der Waals surface area contributed by atoms with Crippen LogP contribution in [0, 0.1) is 14.9 Å². The van der Waals surface area contributed by atoms with Gasteiger partial charge in [-0.15, -0.1) is 0 Å². The molecule has 0 spiro atoms. The summed E-state index contributed by atoms with van der Waals surface area (Å²) in [6.45, 7) is 0. The maximum absolute atomic E-state index is 8.84. The van der Waals surface area contributed by atoms with Gasteiger partial charge in [0.25, 0.3) is 0 Å². The largest absolute Gasteiger partial charge is 0.397 e. The number of nitrogen functional groups attached to an aromatic ring is 1. The molecule has 1 aromatic carbocycles. The molecule has 0 aliphatic rings. The van der Waals surface area contributed by atoms with E-state index in [1.807, 2.05) is 24.3 Å². The molecule has 2 aromatic rings. The van der Waals surface area contributed by atoms with E-state index in [4.69, 9.17) is 11.0 Å². The number of anilines is 1. The topological polar surface area (TPSA) is 67.6 Å². The Hall–Kier alpha value is -1.55. The standard InChI is InChI=1S/C10H7IN4/c11-7-1-2-9(8(13)5-7)15-4-3-14-10(15)6-12/h1-5H,13H2. The molecule has 0 atom stereocenters. The third kappa shape index (κ3) is 1.80. The van der Waals surface area contributed by atoms with Crippen molar-refractivity contribution in [2.75, 3.05) is 5.73 Å². The quantitative estimate of drug-likeness (QED) is 0.646. The molecule has 2 N–H and O–H groups in total. The van der Waals surface area contributed by atoms with Gasteiger partial charge in [-0.1, -0.05) is 0 Å². The van der Waals surface area contributed by atoms with Gasteiger partial charge >= 0.3 is 0 Å². The van der Waals surface area contributed by atoms with Crippen LogP contribution in [0.2, 0.25) is 0 Å². The number of benzene rings is 1. The Balaban J connectivity index is 2.60. The fourth-order valence-electron chi connectivity index (χ4n) is 1.33. The van der Waals surface area contributed by atoms with Gasteiger partial charge in [-0.25, -0.2) is 4.98 Å². The van der Waals surface area contributed by atoms with E-state index >= 15 is 0 Å². The lowest BCUT2D eigenvalue weighted by Crippen LogP contribution is -2.01. The minimum Gasteiger partial charge on any atom is -0.397 e. The number of aromatic nitrogens is 2. The number of rotatable bonds is 1. The highest BCUT2D eigenvalue weighted by Gasteiger charge is 2.06. The summed E-state index contributed by atoms with van der Waals surface area (Å²) in [5.74, 6) is 0.336. The van der Waals surface area contributed by atoms with E-state index in [2.05, 4.69) is 27.6 Å². The van der Waals surface area contributed by atoms with Gasteiger partial charge in [0, 0.05) is 16.0 Å². The number of nitrogens with two attached hydrogens (primary N) is 1. The fourth-order valence-corrected chi connectivity index (χ4v) is 1.84. The first-order valence-corrected chi connectivity index (χ1v) is 5.29. The number of halogens is 1. The first-order chi connectivity index (χ1) is 7.22. The van der Waals surface area contributed by atoms with Crippen LogP contribution in [0.25, 0.3) is 5.69 Å². The molecule has 1 aromatic heterocycles. The molecule has 0 amide bonds. The second kappa shape index (κ2) is 3.90. The van der Waals surface area contributed by atoms with Crippen molar-refractivity contribution in [1.82, 2.24) is 9.55 Å². The second-order valence-electron chi connectivity index (χ2n) is 2.94. The minimum absolute atomic E-state index is 0.336. The maximum atomic E-state index is 8.84. The van der Waals surface area contributed by atoms with Gasteiger partial charge in [0.15, 0.2) is 0 Å². The van der Waals surface area contributed by atoms with Gasteiger partial charge in [-0.2, -0.15) is 5.26 Å². The Morgan fingerprint density at radius 3 is 2.93 bits per heavy atom. The van der Waals surface area contributed by atoms with Crippen LogP contribution in [-0.2, 0) is 0 Å². The Kier molecular flexibility index (Phi) is 2.60. The molecule has 0 bridgehead atoms. The number of nitrogens with zero attached hydrogens (tertiary/aromatic N) is 3. The molecule has 74 valence electrons. The molecule has 4 nitrogen and oxygen atoms in total. The van der Waals surface area contributed by atoms with Crippen LogP contribution < -0.4 is 5.73 Å². The SMILES string of the molecule is N#Cc1nccn1-c1ccc(I)cc1N. The summed E-state index contributed by atoms with van der Waals surface area (Å²) in [7, 11) is 0. The molecule has 0 fully saturated rings. The molecule has 0 aliphatic carbocycles. The first-order valence-electron chi connectivity index (χ1n) is 4.21. The van der Waals surface area contributed by atoms with Crippen molar-refractivity contribution < 1.29 is 0 Å². The van der Waals surface area contributed by atoms with E-state index in [1.54, 1.807) is 17.0 Å². The number of hydrogen-bond donors (Lipinski definition) is 1. The van der Waals surface area contributed by atoms with Crippen molar-refractivity contribution in [3.05, 3.63) is 40.0 Å². The Bertz CT molecular complexity index is 539. The first kappa shape index (κ1) is 9.98. The normalized spacial score (nSPS) is 9.87. The van der Waals surface area contributed by atoms with E-state index in [9.17, 15) is 0 Å². The molecule has 1 heterocycles. The molecule has 0 aliphatic heterocycles. The van der Waals surface area contributed by atoms with Crippen LogP contribution in [0.15, 0.2) is 30.6 Å². The van der Waals surface area contributed by atoms with E-state index in [0.717, 1.165) is 9.26 Å². The van der Waals surface area contributed by atoms with Crippen molar-refractivity contribution in [2.24, 2.45) is 0 Å². The number of imidazole rings is 1. The van der Waals surface area contributed by atoms with Gasteiger partial charge in [0.05, 0.1) is 11.4 Å². The van der Waals surface area contributed by atoms with Crippen LogP contribution in [0.4, 0.5) is 5.69 Å². The van der Waals surface area contributed by atoms with E-state index < -0.39 is 0 Å². The molecule has 0 unspecified atom stereocenters. The van der Waals surface area contributed by atoms with Gasteiger partial charge in [0.2, 0.25) is 5.82 Å². The van der Waals surface area contributed by atoms with Crippen LogP contribution in [0.5, 0.6) is 0 Å². The second-order valence-corrected chi connectivity index (χ2v) is 4.18. The molecular formula is C10H7IN4. The Morgan fingerprint density at radius 2 is 2.27 bits per heavy atom. The minimum atomic E-state index is 0.336. The zero-order valence-electron chi connectivity index (χ0n) is 7.68. The summed E-state index contributed by atoms with van der Waals surface area (Å²) in [6.07, 6.45) is 3.30. The highest BCUT2D eigenvalue weighted by atomic mass is 127. The lowest BCUT2D eigenvalue weighted by Gasteiger charge is -2.07. The molecule has 5 heteroatoms. The summed E-state index contributed by atoms with van der Waals surface area (Å²) in [5.41, 5.74) is 7.29. The lowest BCUT2D eigenvalue weighted by atomic mass is 10.2. The van der Waals surface area contributed by atoms with E-state index in [1.165, 1.54) is 0 Å². The maximum Gasteiger partial charge on any atom is 0.217 e. The van der Waals surface area contributed by atoms with Crippen molar-refractivity contribution >= 4 is 28.3 Å². The third-order valence-electron chi connectivity index (χ3n) is 1.99. The average molecular weight is 310 g/mol. The Labute approximate surface area is 100 Å². The zero-order valence-corrected chi connectivity index (χ0v) is 9.84. The van der Waals surface area contributed by atoms with Crippen molar-refractivity contribution in [2.45, 2.75) is 0 Å². The van der Waals surface area contributed by atoms with Gasteiger partial charge in [-0.3, -0.25) is 4.57 Å². The molecule has 0 radical (unpaired) electrons. The fraction of sp³-hybridized carbons (Fsp3) is 0. The van der Waals surface area contributed by atoms with Crippen LogP contribution in [0.1, 0.15) is 5.82 Å². The smallest absolute Gasteiger partial charge is 0.217 e. The molecule has 0 saturated heterocycles. The summed E-state index contributed by atoms with van der Waals surface area (Å²) in [5, 5.41) is 8.84. The van der Waals surface area contributed by atoms with Crippen LogP contribution >= 0.6 is 22.6 Å². The summed E-state index contributed by atoms with van der Waals surface area (Å²) in [4.78, 5) is 3.92. The van der Waals surface area contributed by atoms with Crippen molar-refractivity contribution in [1.29, 1.82) is 5.26 Å². The average Bonchev–Trinajstić information content (AvgIpc) is 2.65. The van der Waals surface area contributed by atoms with Crippen molar-refractivity contribution in [3.63, 3.8) is 0 Å². The van der Waals surface area contributed by atoms with Crippen molar-refractivity contribution in [3.8, 4) is 11.8 Å². The predicted octanol–water partition coefficient (Wildman–Crippen LogP) is 1.93. The lowest BCUT2D eigenvalue weighted by molar-refractivity contribution is 1.02. The van der Waals surface area contributed by atoms with E-state index in [0.29, 0.717) is 11.5 Å². The van der Waals surface area contributed by atoms with Gasteiger partial charge in [-0.05, 0) is 40.8 Å². The van der Waals surface area contributed by atoms with Gasteiger partial charge in [0.1, 0.15) is 6.07 Å². The van der Waals surface area contributed by atoms with Crippen LogP contribution in [0.3, 0.4) is 0 Å². The predicted molar refractivity (Wildman–Crippen MR) is 65.4 cm³/mol. The van der Waals surface area contributed by atoms with Crippen LogP contribution in [-0.4, -0.2) is 9.55 Å². The molecule has 15 heavy (non-hydrogen) atoms. The van der Waals surface area contributed by atoms with E-state index in [-0.39, 0.29) is 0 Å². The number of nitriles is 1. The third-order valence-corrected chi connectivity index (χ3v) is 2.66. The summed E-state index contributed by atoms with van der Waals surface area (Å²) in [6, 6.07) is 7.68. The summed E-state index contributed by atoms with van der Waals surface area (Å²) < 4.78 is 2.73. The monoisotopic (exact) mass is 310 g/mol. The zero-order chi connectivity index (χ0) is 10.8.